The van der Waals surface area contributed by atoms with Crippen molar-refractivity contribution in [2.45, 2.75) is 32.2 Å². The van der Waals surface area contributed by atoms with Gasteiger partial charge in [-0.15, -0.1) is 0 Å². The molecule has 2 N–H and O–H groups in total. The molecule has 1 fully saturated rings. The predicted molar refractivity (Wildman–Crippen MR) is 86.7 cm³/mol. The standard InChI is InChI=1S/C17H24N2O4/c1-4-23-13-7-5-6-12(8-13)14-9-15(14)18-17(22)19(3)10-11(2)16(20)21/h5-8,11,14-15H,4,9-10H2,1-3H3,(H,18,22)(H,20,21)/t11?,14-,15+/m0/s1. The number of nitrogens with one attached hydrogen (secondary N) is 1. The van der Waals surface area contributed by atoms with Gasteiger partial charge in [0, 0.05) is 25.6 Å². The minimum atomic E-state index is -0.901. The monoisotopic (exact) mass is 320 g/mol. The molecule has 0 bridgehead atoms. The molecule has 1 aromatic rings. The summed E-state index contributed by atoms with van der Waals surface area (Å²) in [5.41, 5.74) is 1.16. The van der Waals surface area contributed by atoms with Crippen molar-refractivity contribution in [3.8, 4) is 5.75 Å². The number of ether oxygens (including phenoxy) is 1. The van der Waals surface area contributed by atoms with Crippen molar-refractivity contribution in [3.63, 3.8) is 0 Å². The molecule has 0 aliphatic heterocycles. The van der Waals surface area contributed by atoms with Crippen molar-refractivity contribution in [3.05, 3.63) is 29.8 Å². The summed E-state index contributed by atoms with van der Waals surface area (Å²) in [6, 6.07) is 7.79. The highest BCUT2D eigenvalue weighted by Crippen LogP contribution is 2.41. The molecule has 0 aromatic heterocycles. The Hall–Kier alpha value is -2.24. The van der Waals surface area contributed by atoms with Gasteiger partial charge in [-0.05, 0) is 31.0 Å². The zero-order valence-electron chi connectivity index (χ0n) is 13.8. The number of hydrogen-bond acceptors (Lipinski definition) is 3. The number of urea groups is 1. The third-order valence-electron chi connectivity index (χ3n) is 4.01. The van der Waals surface area contributed by atoms with Crippen LogP contribution < -0.4 is 10.1 Å². The second-order valence-corrected chi connectivity index (χ2v) is 6.02. The van der Waals surface area contributed by atoms with E-state index in [2.05, 4.69) is 5.32 Å². The molecule has 0 heterocycles. The zero-order chi connectivity index (χ0) is 17.0. The first-order valence-corrected chi connectivity index (χ1v) is 7.89. The fraction of sp³-hybridized carbons (Fsp3) is 0.529. The first-order chi connectivity index (χ1) is 10.9. The number of aliphatic carboxylic acids is 1. The molecule has 2 rings (SSSR count). The fourth-order valence-electron chi connectivity index (χ4n) is 2.57. The summed E-state index contributed by atoms with van der Waals surface area (Å²) in [6.07, 6.45) is 0.893. The van der Waals surface area contributed by atoms with Crippen LogP contribution in [0.4, 0.5) is 4.79 Å². The maximum Gasteiger partial charge on any atom is 0.317 e. The molecule has 1 unspecified atom stereocenters. The largest absolute Gasteiger partial charge is 0.494 e. The quantitative estimate of drug-likeness (QED) is 0.808. The molecule has 0 saturated heterocycles. The SMILES string of the molecule is CCOc1cccc([C@@H]2C[C@H]2NC(=O)N(C)CC(C)C(=O)O)c1. The lowest BCUT2D eigenvalue weighted by molar-refractivity contribution is -0.141. The minimum absolute atomic E-state index is 0.0990. The molecule has 1 saturated carbocycles. The van der Waals surface area contributed by atoms with Crippen LogP contribution in [-0.2, 0) is 4.79 Å². The van der Waals surface area contributed by atoms with Crippen LogP contribution in [-0.4, -0.2) is 48.2 Å². The molecule has 3 atom stereocenters. The second kappa shape index (κ2) is 7.35. The molecule has 2 amide bonds. The van der Waals surface area contributed by atoms with Gasteiger partial charge in [-0.3, -0.25) is 4.79 Å². The van der Waals surface area contributed by atoms with E-state index in [4.69, 9.17) is 9.84 Å². The van der Waals surface area contributed by atoms with Crippen LogP contribution in [0.3, 0.4) is 0 Å². The van der Waals surface area contributed by atoms with E-state index in [-0.39, 0.29) is 18.6 Å². The number of benzene rings is 1. The van der Waals surface area contributed by atoms with Crippen LogP contribution in [0.5, 0.6) is 5.75 Å². The Morgan fingerprint density at radius 1 is 1.48 bits per heavy atom. The summed E-state index contributed by atoms with van der Waals surface area (Å²) in [7, 11) is 1.61. The molecule has 0 spiro atoms. The number of carbonyl (C=O) groups is 2. The van der Waals surface area contributed by atoms with Gasteiger partial charge < -0.3 is 20.1 Å². The average molecular weight is 320 g/mol. The maximum atomic E-state index is 12.1. The van der Waals surface area contributed by atoms with Crippen LogP contribution in [0.1, 0.15) is 31.7 Å². The smallest absolute Gasteiger partial charge is 0.317 e. The number of hydrogen-bond donors (Lipinski definition) is 2. The Morgan fingerprint density at radius 3 is 2.87 bits per heavy atom. The van der Waals surface area contributed by atoms with Gasteiger partial charge in [-0.25, -0.2) is 4.79 Å². The van der Waals surface area contributed by atoms with Crippen molar-refractivity contribution < 1.29 is 19.4 Å². The summed E-state index contributed by atoms with van der Waals surface area (Å²) in [5, 5.41) is 11.8. The number of carboxylic acids is 1. The van der Waals surface area contributed by atoms with Gasteiger partial charge >= 0.3 is 12.0 Å². The number of rotatable bonds is 7. The van der Waals surface area contributed by atoms with Crippen LogP contribution in [0.25, 0.3) is 0 Å². The van der Waals surface area contributed by atoms with E-state index in [9.17, 15) is 9.59 Å². The number of nitrogens with zero attached hydrogens (tertiary/aromatic N) is 1. The second-order valence-electron chi connectivity index (χ2n) is 6.02. The van der Waals surface area contributed by atoms with Gasteiger partial charge in [0.05, 0.1) is 12.5 Å². The van der Waals surface area contributed by atoms with Crippen LogP contribution in [0.2, 0.25) is 0 Å². The molecule has 0 radical (unpaired) electrons. The number of amides is 2. The van der Waals surface area contributed by atoms with Gasteiger partial charge in [0.2, 0.25) is 0 Å². The molecule has 126 valence electrons. The Bertz CT molecular complexity index is 575. The maximum absolute atomic E-state index is 12.1. The van der Waals surface area contributed by atoms with Gasteiger partial charge in [-0.2, -0.15) is 0 Å². The molecule has 1 aromatic carbocycles. The number of carboxylic acid groups (broad SMARTS) is 1. The summed E-state index contributed by atoms with van der Waals surface area (Å²) in [6.45, 7) is 4.35. The molecule has 6 nitrogen and oxygen atoms in total. The van der Waals surface area contributed by atoms with E-state index < -0.39 is 11.9 Å². The van der Waals surface area contributed by atoms with Crippen molar-refractivity contribution in [1.82, 2.24) is 10.2 Å². The molecular formula is C17H24N2O4. The molecule has 6 heteroatoms. The first-order valence-electron chi connectivity index (χ1n) is 7.89. The van der Waals surface area contributed by atoms with Gasteiger partial charge in [0.1, 0.15) is 5.75 Å². The van der Waals surface area contributed by atoms with Crippen LogP contribution >= 0.6 is 0 Å². The normalized spacial score (nSPS) is 20.5. The van der Waals surface area contributed by atoms with Crippen LogP contribution in [0.15, 0.2) is 24.3 Å². The predicted octanol–water partition coefficient (Wildman–Crippen LogP) is 2.30. The Kier molecular flexibility index (Phi) is 5.47. The van der Waals surface area contributed by atoms with Gasteiger partial charge in [0.15, 0.2) is 0 Å². The lowest BCUT2D eigenvalue weighted by atomic mass is 10.1. The Labute approximate surface area is 136 Å². The highest BCUT2D eigenvalue weighted by Gasteiger charge is 2.40. The summed E-state index contributed by atoms with van der Waals surface area (Å²) < 4.78 is 5.49. The summed E-state index contributed by atoms with van der Waals surface area (Å²) in [5.74, 6) is -0.343. The van der Waals surface area contributed by atoms with Crippen molar-refractivity contribution in [1.29, 1.82) is 0 Å². The summed E-state index contributed by atoms with van der Waals surface area (Å²) in [4.78, 5) is 24.4. The highest BCUT2D eigenvalue weighted by atomic mass is 16.5. The lowest BCUT2D eigenvalue weighted by Gasteiger charge is -2.20. The summed E-state index contributed by atoms with van der Waals surface area (Å²) >= 11 is 0. The topological polar surface area (TPSA) is 78.9 Å². The average Bonchev–Trinajstić information content (AvgIpc) is 3.26. The van der Waals surface area contributed by atoms with E-state index in [0.717, 1.165) is 17.7 Å². The van der Waals surface area contributed by atoms with Crippen molar-refractivity contribution >= 4 is 12.0 Å². The van der Waals surface area contributed by atoms with Crippen molar-refractivity contribution in [2.75, 3.05) is 20.2 Å². The van der Waals surface area contributed by atoms with Gasteiger partial charge in [0.25, 0.3) is 0 Å². The van der Waals surface area contributed by atoms with E-state index in [1.807, 2.05) is 31.2 Å². The molecule has 23 heavy (non-hydrogen) atoms. The third kappa shape index (κ3) is 4.61. The van der Waals surface area contributed by atoms with Crippen LogP contribution in [0, 0.1) is 5.92 Å². The lowest BCUT2D eigenvalue weighted by Crippen LogP contribution is -2.42. The van der Waals surface area contributed by atoms with E-state index in [1.54, 1.807) is 14.0 Å². The third-order valence-corrected chi connectivity index (χ3v) is 4.01. The van der Waals surface area contributed by atoms with E-state index in [1.165, 1.54) is 4.90 Å². The van der Waals surface area contributed by atoms with Gasteiger partial charge in [-0.1, -0.05) is 19.1 Å². The molecular weight excluding hydrogens is 296 g/mol. The first kappa shape index (κ1) is 17.1. The van der Waals surface area contributed by atoms with Crippen molar-refractivity contribution in [2.24, 2.45) is 5.92 Å². The Balaban J connectivity index is 1.85. The molecule has 1 aliphatic rings. The fourth-order valence-corrected chi connectivity index (χ4v) is 2.57. The molecule has 1 aliphatic carbocycles. The highest BCUT2D eigenvalue weighted by molar-refractivity contribution is 5.76. The van der Waals surface area contributed by atoms with E-state index in [0.29, 0.717) is 12.5 Å². The Morgan fingerprint density at radius 2 is 2.22 bits per heavy atom. The minimum Gasteiger partial charge on any atom is -0.494 e. The zero-order valence-corrected chi connectivity index (χ0v) is 13.8. The number of carbonyl (C=O) groups excluding carboxylic acids is 1. The van der Waals surface area contributed by atoms with E-state index >= 15 is 0 Å².